The van der Waals surface area contributed by atoms with Crippen molar-refractivity contribution in [2.45, 2.75) is 39.7 Å². The molecule has 5 rings (SSSR count). The van der Waals surface area contributed by atoms with E-state index in [2.05, 4.69) is 9.89 Å². The monoisotopic (exact) mass is 466 g/mol. The summed E-state index contributed by atoms with van der Waals surface area (Å²) in [4.78, 5) is 35.2. The van der Waals surface area contributed by atoms with Crippen LogP contribution in [0.5, 0.6) is 11.5 Å². The lowest BCUT2D eigenvalue weighted by molar-refractivity contribution is -0.131. The molecule has 2 amide bonds. The Labute approximate surface area is 201 Å². The zero-order chi connectivity index (χ0) is 24.2. The molecule has 182 valence electrons. The van der Waals surface area contributed by atoms with Crippen molar-refractivity contribution in [2.75, 3.05) is 46.6 Å². The summed E-state index contributed by atoms with van der Waals surface area (Å²) in [7, 11) is 1.62. The van der Waals surface area contributed by atoms with Crippen molar-refractivity contribution >= 4 is 34.5 Å². The normalized spacial score (nSPS) is 19.8. The van der Waals surface area contributed by atoms with Gasteiger partial charge in [-0.2, -0.15) is 0 Å². The molecule has 2 saturated heterocycles. The third kappa shape index (κ3) is 4.73. The van der Waals surface area contributed by atoms with Gasteiger partial charge >= 0.3 is 0 Å². The number of methoxy groups -OCH3 is 1. The van der Waals surface area contributed by atoms with Crippen LogP contribution in [0, 0.1) is 0 Å². The molecule has 3 aliphatic heterocycles. The average molecular weight is 467 g/mol. The van der Waals surface area contributed by atoms with Gasteiger partial charge in [-0.05, 0) is 47.9 Å². The zero-order valence-corrected chi connectivity index (χ0v) is 20.5. The average Bonchev–Trinajstić information content (AvgIpc) is 3.30. The molecule has 8 nitrogen and oxygen atoms in total. The maximum atomic E-state index is 13.1. The van der Waals surface area contributed by atoms with Gasteiger partial charge in [0.25, 0.3) is 5.91 Å². The highest BCUT2D eigenvalue weighted by Gasteiger charge is 2.32. The number of fused-ring (bicyclic) bond motifs is 3. The van der Waals surface area contributed by atoms with E-state index < -0.39 is 0 Å². The molecule has 1 unspecified atom stereocenters. The first-order valence-electron chi connectivity index (χ1n) is 12.1. The van der Waals surface area contributed by atoms with E-state index in [0.717, 1.165) is 43.2 Å². The van der Waals surface area contributed by atoms with Gasteiger partial charge in [-0.1, -0.05) is 13.8 Å². The van der Waals surface area contributed by atoms with Crippen molar-refractivity contribution < 1.29 is 19.1 Å². The van der Waals surface area contributed by atoms with E-state index in [1.807, 2.05) is 54.1 Å². The molecule has 0 spiro atoms. The molecule has 8 heteroatoms. The van der Waals surface area contributed by atoms with Gasteiger partial charge < -0.3 is 19.3 Å². The molecule has 0 bridgehead atoms. The highest BCUT2D eigenvalue weighted by Crippen LogP contribution is 2.37. The second-order valence-electron chi connectivity index (χ2n) is 8.60. The summed E-state index contributed by atoms with van der Waals surface area (Å²) in [5.74, 6) is 1.44. The molecule has 3 aliphatic rings. The smallest absolute Gasteiger partial charge is 0.256 e. The molecule has 2 aromatic carbocycles. The number of ether oxygens (including phenoxy) is 2. The van der Waals surface area contributed by atoms with Crippen molar-refractivity contribution in [3.63, 3.8) is 0 Å². The Morgan fingerprint density at radius 2 is 1.74 bits per heavy atom. The molecule has 2 fully saturated rings. The Kier molecular flexibility index (Phi) is 7.36. The predicted molar refractivity (Wildman–Crippen MR) is 133 cm³/mol. The van der Waals surface area contributed by atoms with Gasteiger partial charge in [-0.25, -0.2) is 0 Å². The molecular weight excluding hydrogens is 432 g/mol. The minimum atomic E-state index is 0.0471. The molecule has 1 atom stereocenters. The molecule has 0 aromatic heterocycles. The molecule has 0 N–H and O–H groups in total. The van der Waals surface area contributed by atoms with Crippen LogP contribution in [0.15, 0.2) is 29.3 Å². The first-order valence-corrected chi connectivity index (χ1v) is 12.1. The fraction of sp³-hybridized carbons (Fsp3) is 0.500. The number of rotatable bonds is 4. The fourth-order valence-corrected chi connectivity index (χ4v) is 4.72. The number of carbonyl (C=O) groups excluding carboxylic acids is 2. The summed E-state index contributed by atoms with van der Waals surface area (Å²) < 4.78 is 11.7. The van der Waals surface area contributed by atoms with Gasteiger partial charge in [-0.15, -0.1) is 0 Å². The maximum Gasteiger partial charge on any atom is 0.256 e. The number of piperazine rings is 1. The number of nitrogens with zero attached hydrogens (tertiary/aromatic N) is 4. The van der Waals surface area contributed by atoms with Crippen LogP contribution in [0.3, 0.4) is 0 Å². The third-order valence-corrected chi connectivity index (χ3v) is 6.63. The van der Waals surface area contributed by atoms with Crippen LogP contribution in [-0.2, 0) is 4.79 Å². The second kappa shape index (κ2) is 10.4. The van der Waals surface area contributed by atoms with Gasteiger partial charge in [0.05, 0.1) is 24.4 Å². The minimum Gasteiger partial charge on any atom is -0.493 e. The van der Waals surface area contributed by atoms with Crippen molar-refractivity contribution in [1.29, 1.82) is 0 Å². The molecule has 0 saturated carbocycles. The number of amides is 2. The lowest BCUT2D eigenvalue weighted by atomic mass is 10.0. The van der Waals surface area contributed by atoms with Crippen molar-refractivity contribution in [3.8, 4) is 11.5 Å². The Balaban J connectivity index is 0.00000133. The van der Waals surface area contributed by atoms with E-state index in [-0.39, 0.29) is 17.9 Å². The second-order valence-corrected chi connectivity index (χ2v) is 8.60. The number of aliphatic imine (C=N–C) groups is 1. The van der Waals surface area contributed by atoms with Gasteiger partial charge in [0, 0.05) is 45.9 Å². The van der Waals surface area contributed by atoms with Crippen molar-refractivity contribution in [3.05, 3.63) is 29.8 Å². The van der Waals surface area contributed by atoms with Crippen molar-refractivity contribution in [2.24, 2.45) is 4.99 Å². The van der Waals surface area contributed by atoms with E-state index in [4.69, 9.17) is 9.47 Å². The van der Waals surface area contributed by atoms with Crippen LogP contribution in [0.4, 0.5) is 5.69 Å². The summed E-state index contributed by atoms with van der Waals surface area (Å²) >= 11 is 0. The van der Waals surface area contributed by atoms with Gasteiger partial charge in [-0.3, -0.25) is 19.5 Å². The topological polar surface area (TPSA) is 74.7 Å². The van der Waals surface area contributed by atoms with E-state index in [0.29, 0.717) is 42.6 Å². The molecule has 2 aromatic rings. The van der Waals surface area contributed by atoms with Gasteiger partial charge in [0.2, 0.25) is 5.91 Å². The lowest BCUT2D eigenvalue weighted by Gasteiger charge is -2.33. The molecule has 3 heterocycles. The highest BCUT2D eigenvalue weighted by molar-refractivity contribution is 6.07. The predicted octanol–water partition coefficient (Wildman–Crippen LogP) is 3.70. The van der Waals surface area contributed by atoms with Crippen LogP contribution in [0.2, 0.25) is 0 Å². The first-order chi connectivity index (χ1) is 16.5. The Morgan fingerprint density at radius 3 is 2.44 bits per heavy atom. The zero-order valence-electron chi connectivity index (χ0n) is 20.5. The summed E-state index contributed by atoms with van der Waals surface area (Å²) in [5.41, 5.74) is 1.34. The van der Waals surface area contributed by atoms with E-state index >= 15 is 0 Å². The van der Waals surface area contributed by atoms with E-state index in [1.165, 1.54) is 0 Å². The number of hydrogen-bond donors (Lipinski definition) is 0. The molecule has 0 radical (unpaired) electrons. The summed E-state index contributed by atoms with van der Waals surface area (Å²) in [6, 6.07) is 7.83. The molecule has 34 heavy (non-hydrogen) atoms. The summed E-state index contributed by atoms with van der Waals surface area (Å²) in [6.45, 7) is 9.78. The standard InChI is InChI=1S/C24H28N4O4.C2H6/c1-16(29)27-8-6-26(7-9-27)15-32-23-13-18-11-21-20(10-17(18)12-22(23)31-2)24(30)28-5-3-4-19(28)14-25-21;1-2/h10-14,19H,3-9,15H2,1-2H3;1-2H3. The largest absolute Gasteiger partial charge is 0.493 e. The van der Waals surface area contributed by atoms with Crippen LogP contribution in [0.1, 0.15) is 44.0 Å². The Morgan fingerprint density at radius 1 is 1.03 bits per heavy atom. The Hall–Kier alpha value is -3.13. The number of carbonyl (C=O) groups is 2. The van der Waals surface area contributed by atoms with Gasteiger partial charge in [0.15, 0.2) is 11.5 Å². The maximum absolute atomic E-state index is 13.1. The summed E-state index contributed by atoms with van der Waals surface area (Å²) in [5, 5.41) is 1.87. The quantitative estimate of drug-likeness (QED) is 0.687. The number of hydrogen-bond acceptors (Lipinski definition) is 6. The molecule has 0 aliphatic carbocycles. The highest BCUT2D eigenvalue weighted by atomic mass is 16.5. The van der Waals surface area contributed by atoms with E-state index in [1.54, 1.807) is 14.0 Å². The third-order valence-electron chi connectivity index (χ3n) is 6.63. The van der Waals surface area contributed by atoms with Crippen LogP contribution < -0.4 is 9.47 Å². The van der Waals surface area contributed by atoms with Gasteiger partial charge in [0.1, 0.15) is 6.73 Å². The van der Waals surface area contributed by atoms with Crippen LogP contribution in [0.25, 0.3) is 10.8 Å². The van der Waals surface area contributed by atoms with Crippen LogP contribution >= 0.6 is 0 Å². The molecular formula is C26H34N4O4. The Bertz CT molecular complexity index is 1090. The minimum absolute atomic E-state index is 0.0471. The van der Waals surface area contributed by atoms with Crippen LogP contribution in [-0.4, -0.2) is 85.3 Å². The lowest BCUT2D eigenvalue weighted by Crippen LogP contribution is -2.48. The number of benzene rings is 2. The summed E-state index contributed by atoms with van der Waals surface area (Å²) in [6.07, 6.45) is 3.89. The fourth-order valence-electron chi connectivity index (χ4n) is 4.72. The SMILES string of the molecule is CC.COc1cc2cc3c(cc2cc1OCN1CCN(C(C)=O)CC1)N=CC1CCCN1C3=O. The first kappa shape index (κ1) is 24.0. The van der Waals surface area contributed by atoms with Crippen molar-refractivity contribution in [1.82, 2.24) is 14.7 Å². The van der Waals surface area contributed by atoms with E-state index in [9.17, 15) is 9.59 Å².